The number of nitrogens with one attached hydrogen (secondary N) is 2. The number of rotatable bonds is 7. The highest BCUT2D eigenvalue weighted by Gasteiger charge is 2.14. The fourth-order valence-electron chi connectivity index (χ4n) is 2.64. The Morgan fingerprint density at radius 1 is 0.935 bits per heavy atom. The number of methoxy groups -OCH3 is 1. The van der Waals surface area contributed by atoms with Gasteiger partial charge in [0, 0.05) is 0 Å². The molecule has 0 aliphatic carbocycles. The van der Waals surface area contributed by atoms with Gasteiger partial charge in [0.25, 0.3) is 0 Å². The van der Waals surface area contributed by atoms with Crippen LogP contribution >= 0.6 is 0 Å². The van der Waals surface area contributed by atoms with Crippen LogP contribution in [0.15, 0.2) is 77.9 Å². The second-order valence-corrected chi connectivity index (χ2v) is 6.70. The summed E-state index contributed by atoms with van der Waals surface area (Å²) in [7, 11) is 1.48. The summed E-state index contributed by atoms with van der Waals surface area (Å²) in [5.74, 6) is -0.559. The largest absolute Gasteiger partial charge is 0.495 e. The molecule has 2 amide bonds. The molecule has 0 aromatic heterocycles. The Balaban J connectivity index is 1.48. The van der Waals surface area contributed by atoms with Crippen LogP contribution in [-0.4, -0.2) is 25.1 Å². The van der Waals surface area contributed by atoms with E-state index in [1.807, 2.05) is 43.3 Å². The molecule has 7 heteroatoms. The average molecular weight is 417 g/mol. The second kappa shape index (κ2) is 10.6. The third-order valence-corrected chi connectivity index (χ3v) is 4.35. The minimum atomic E-state index is -0.889. The normalized spacial score (nSPS) is 10.5. The Labute approximate surface area is 180 Å². The molecule has 0 saturated heterocycles. The Hall–Kier alpha value is -4.13. The fraction of sp³-hybridized carbons (Fsp3) is 0.125. The number of hydrogen-bond donors (Lipinski definition) is 2. The standard InChI is InChI=1S/C24H23N3O4/c1-17-7-9-19(10-8-17)16-31-20-13-11-18(12-14-20)15-25-27-24(29)23(28)26-21-5-3-4-6-22(21)30-2/h3-15H,16H2,1-2H3,(H,26,28)(H,27,29). The molecule has 3 aromatic carbocycles. The van der Waals surface area contributed by atoms with Crippen molar-refractivity contribution >= 4 is 23.7 Å². The van der Waals surface area contributed by atoms with E-state index >= 15 is 0 Å². The van der Waals surface area contributed by atoms with Gasteiger partial charge in [0.05, 0.1) is 19.0 Å². The van der Waals surface area contributed by atoms with Gasteiger partial charge in [0.2, 0.25) is 0 Å². The Morgan fingerprint density at radius 3 is 2.35 bits per heavy atom. The number of carbonyl (C=O) groups is 2. The van der Waals surface area contributed by atoms with Gasteiger partial charge in [-0.3, -0.25) is 9.59 Å². The predicted molar refractivity (Wildman–Crippen MR) is 119 cm³/mol. The van der Waals surface area contributed by atoms with Gasteiger partial charge < -0.3 is 14.8 Å². The first-order valence-electron chi connectivity index (χ1n) is 9.61. The topological polar surface area (TPSA) is 89.0 Å². The van der Waals surface area contributed by atoms with E-state index in [0.717, 1.165) is 16.9 Å². The van der Waals surface area contributed by atoms with E-state index in [-0.39, 0.29) is 0 Å². The highest BCUT2D eigenvalue weighted by atomic mass is 16.5. The van der Waals surface area contributed by atoms with Gasteiger partial charge in [0.15, 0.2) is 0 Å². The quantitative estimate of drug-likeness (QED) is 0.349. The van der Waals surface area contributed by atoms with Crippen molar-refractivity contribution in [3.63, 3.8) is 0 Å². The lowest BCUT2D eigenvalue weighted by Gasteiger charge is -2.08. The summed E-state index contributed by atoms with van der Waals surface area (Å²) in [5, 5.41) is 6.30. The average Bonchev–Trinajstić information content (AvgIpc) is 2.80. The summed E-state index contributed by atoms with van der Waals surface area (Å²) in [5.41, 5.74) is 5.64. The number of carbonyl (C=O) groups excluding carboxylic acids is 2. The number of hydrogen-bond acceptors (Lipinski definition) is 5. The van der Waals surface area contributed by atoms with Crippen molar-refractivity contribution in [3.05, 3.63) is 89.5 Å². The van der Waals surface area contributed by atoms with Gasteiger partial charge in [-0.15, -0.1) is 0 Å². The van der Waals surface area contributed by atoms with Gasteiger partial charge in [-0.1, -0.05) is 42.0 Å². The van der Waals surface area contributed by atoms with E-state index in [2.05, 4.69) is 15.8 Å². The molecule has 0 fully saturated rings. The molecule has 3 aromatic rings. The zero-order valence-corrected chi connectivity index (χ0v) is 17.3. The summed E-state index contributed by atoms with van der Waals surface area (Å²) >= 11 is 0. The van der Waals surface area contributed by atoms with E-state index < -0.39 is 11.8 Å². The lowest BCUT2D eigenvalue weighted by atomic mass is 10.2. The van der Waals surface area contributed by atoms with Crippen LogP contribution < -0.4 is 20.2 Å². The molecule has 0 bridgehead atoms. The zero-order valence-electron chi connectivity index (χ0n) is 17.3. The maximum atomic E-state index is 12.0. The zero-order chi connectivity index (χ0) is 22.1. The highest BCUT2D eigenvalue weighted by molar-refractivity contribution is 6.39. The summed E-state index contributed by atoms with van der Waals surface area (Å²) in [6.45, 7) is 2.52. The minimum Gasteiger partial charge on any atom is -0.495 e. The van der Waals surface area contributed by atoms with Crippen LogP contribution in [0.4, 0.5) is 5.69 Å². The van der Waals surface area contributed by atoms with Crippen LogP contribution in [0.2, 0.25) is 0 Å². The molecule has 0 heterocycles. The molecular weight excluding hydrogens is 394 g/mol. The van der Waals surface area contributed by atoms with E-state index in [1.165, 1.54) is 18.9 Å². The van der Waals surface area contributed by atoms with Gasteiger partial charge in [0.1, 0.15) is 18.1 Å². The van der Waals surface area contributed by atoms with Crippen LogP contribution in [-0.2, 0) is 16.2 Å². The van der Waals surface area contributed by atoms with Crippen molar-refractivity contribution < 1.29 is 19.1 Å². The number of amides is 2. The van der Waals surface area contributed by atoms with Gasteiger partial charge in [-0.05, 0) is 54.4 Å². The molecule has 0 atom stereocenters. The van der Waals surface area contributed by atoms with Crippen LogP contribution in [0.1, 0.15) is 16.7 Å². The molecule has 0 radical (unpaired) electrons. The number of nitrogens with zero attached hydrogens (tertiary/aromatic N) is 1. The van der Waals surface area contributed by atoms with E-state index in [4.69, 9.17) is 9.47 Å². The van der Waals surface area contributed by atoms with Crippen molar-refractivity contribution in [1.82, 2.24) is 5.43 Å². The smallest absolute Gasteiger partial charge is 0.329 e. The molecule has 0 aliphatic heterocycles. The third-order valence-electron chi connectivity index (χ3n) is 4.35. The number of hydrazone groups is 1. The summed E-state index contributed by atoms with van der Waals surface area (Å²) in [4.78, 5) is 23.9. The van der Waals surface area contributed by atoms with Crippen LogP contribution in [0, 0.1) is 6.92 Å². The second-order valence-electron chi connectivity index (χ2n) is 6.70. The molecule has 0 unspecified atom stereocenters. The van der Waals surface area contributed by atoms with E-state index in [1.54, 1.807) is 36.4 Å². The van der Waals surface area contributed by atoms with Crippen molar-refractivity contribution in [2.45, 2.75) is 13.5 Å². The number of anilines is 1. The van der Waals surface area contributed by atoms with Gasteiger partial charge >= 0.3 is 11.8 Å². The van der Waals surface area contributed by atoms with Crippen molar-refractivity contribution in [1.29, 1.82) is 0 Å². The Bertz CT molecular complexity index is 1060. The predicted octanol–water partition coefficient (Wildman–Crippen LogP) is 3.67. The lowest BCUT2D eigenvalue weighted by Crippen LogP contribution is -2.32. The first-order chi connectivity index (χ1) is 15.0. The van der Waals surface area contributed by atoms with E-state index in [9.17, 15) is 9.59 Å². The number of ether oxygens (including phenoxy) is 2. The molecule has 2 N–H and O–H groups in total. The Morgan fingerprint density at radius 2 is 1.65 bits per heavy atom. The molecule has 158 valence electrons. The van der Waals surface area contributed by atoms with Gasteiger partial charge in [-0.25, -0.2) is 5.43 Å². The number of para-hydroxylation sites is 2. The number of benzene rings is 3. The van der Waals surface area contributed by atoms with Crippen LogP contribution in [0.3, 0.4) is 0 Å². The Kier molecular flexibility index (Phi) is 7.37. The first kappa shape index (κ1) is 21.6. The molecule has 31 heavy (non-hydrogen) atoms. The summed E-state index contributed by atoms with van der Waals surface area (Å²) in [6.07, 6.45) is 1.44. The molecule has 7 nitrogen and oxygen atoms in total. The van der Waals surface area contributed by atoms with Crippen molar-refractivity contribution in [2.75, 3.05) is 12.4 Å². The molecule has 0 aliphatic rings. The molecule has 0 saturated carbocycles. The maximum absolute atomic E-state index is 12.0. The highest BCUT2D eigenvalue weighted by Crippen LogP contribution is 2.22. The molecule has 0 spiro atoms. The van der Waals surface area contributed by atoms with Crippen molar-refractivity contribution in [2.24, 2.45) is 5.10 Å². The fourth-order valence-corrected chi connectivity index (χ4v) is 2.64. The monoisotopic (exact) mass is 417 g/mol. The SMILES string of the molecule is COc1ccccc1NC(=O)C(=O)NN=Cc1ccc(OCc2ccc(C)cc2)cc1. The van der Waals surface area contributed by atoms with Gasteiger partial charge in [-0.2, -0.15) is 5.10 Å². The van der Waals surface area contributed by atoms with Crippen LogP contribution in [0.5, 0.6) is 11.5 Å². The molecular formula is C24H23N3O4. The van der Waals surface area contributed by atoms with Crippen molar-refractivity contribution in [3.8, 4) is 11.5 Å². The van der Waals surface area contributed by atoms with E-state index in [0.29, 0.717) is 18.0 Å². The van der Waals surface area contributed by atoms with Crippen LogP contribution in [0.25, 0.3) is 0 Å². The third kappa shape index (κ3) is 6.43. The lowest BCUT2D eigenvalue weighted by molar-refractivity contribution is -0.136. The minimum absolute atomic E-state index is 0.398. The maximum Gasteiger partial charge on any atom is 0.329 e. The number of aryl methyl sites for hydroxylation is 1. The first-order valence-corrected chi connectivity index (χ1v) is 9.61. The summed E-state index contributed by atoms with van der Waals surface area (Å²) < 4.78 is 10.9. The molecule has 3 rings (SSSR count). The summed E-state index contributed by atoms with van der Waals surface area (Å²) in [6, 6.07) is 22.2.